The molecule has 1 aromatic carbocycles. The van der Waals surface area contributed by atoms with Gasteiger partial charge in [-0.3, -0.25) is 0 Å². The fraction of sp³-hybridized carbons (Fsp3) is 0.533. The first kappa shape index (κ1) is 13.1. The molecule has 1 aliphatic rings. The third-order valence-electron chi connectivity index (χ3n) is 3.91. The summed E-state index contributed by atoms with van der Waals surface area (Å²) in [6.45, 7) is 0. The summed E-state index contributed by atoms with van der Waals surface area (Å²) in [5, 5.41) is 19.9. The molecule has 1 fully saturated rings. The van der Waals surface area contributed by atoms with Gasteiger partial charge < -0.3 is 10.2 Å². The summed E-state index contributed by atoms with van der Waals surface area (Å²) in [5.74, 6) is -0.820. The number of rotatable bonds is 4. The van der Waals surface area contributed by atoms with Crippen LogP contribution in [0.15, 0.2) is 30.3 Å². The van der Waals surface area contributed by atoms with Crippen LogP contribution in [0.25, 0.3) is 0 Å². The fourth-order valence-electron chi connectivity index (χ4n) is 2.85. The highest BCUT2D eigenvalue weighted by atomic mass is 16.4. The van der Waals surface area contributed by atoms with Gasteiger partial charge in [0.25, 0.3) is 0 Å². The molecule has 0 spiro atoms. The van der Waals surface area contributed by atoms with E-state index in [1.54, 1.807) is 24.3 Å². The molecule has 1 atom stereocenters. The molecule has 0 heterocycles. The lowest BCUT2D eigenvalue weighted by molar-refractivity contribution is -0.162. The van der Waals surface area contributed by atoms with E-state index in [9.17, 15) is 15.0 Å². The molecule has 2 N–H and O–H groups in total. The van der Waals surface area contributed by atoms with E-state index in [-0.39, 0.29) is 0 Å². The molecule has 0 radical (unpaired) electrons. The van der Waals surface area contributed by atoms with E-state index in [2.05, 4.69) is 0 Å². The fourth-order valence-corrected chi connectivity index (χ4v) is 2.85. The predicted octanol–water partition coefficient (Wildman–Crippen LogP) is 2.93. The van der Waals surface area contributed by atoms with Gasteiger partial charge in [-0.1, -0.05) is 62.4 Å². The summed E-state index contributed by atoms with van der Waals surface area (Å²) < 4.78 is 0. The zero-order valence-corrected chi connectivity index (χ0v) is 10.5. The Kier molecular flexibility index (Phi) is 4.02. The zero-order chi connectivity index (χ0) is 13.0. The third kappa shape index (κ3) is 2.72. The maximum atomic E-state index is 11.4. The van der Waals surface area contributed by atoms with Gasteiger partial charge in [0, 0.05) is 0 Å². The van der Waals surface area contributed by atoms with E-state index in [0.29, 0.717) is 17.9 Å². The minimum absolute atomic E-state index is 0.319. The number of aliphatic carboxylic acids is 1. The molecule has 18 heavy (non-hydrogen) atoms. The molecule has 0 unspecified atom stereocenters. The van der Waals surface area contributed by atoms with E-state index < -0.39 is 11.6 Å². The van der Waals surface area contributed by atoms with Crippen LogP contribution in [0.1, 0.15) is 44.1 Å². The second-order valence-corrected chi connectivity index (χ2v) is 5.24. The molecular weight excluding hydrogens is 228 g/mol. The van der Waals surface area contributed by atoms with Crippen LogP contribution in [-0.4, -0.2) is 16.2 Å². The molecule has 98 valence electrons. The first-order valence-corrected chi connectivity index (χ1v) is 6.64. The third-order valence-corrected chi connectivity index (χ3v) is 3.91. The summed E-state index contributed by atoms with van der Waals surface area (Å²) in [6.07, 6.45) is 5.91. The van der Waals surface area contributed by atoms with Crippen molar-refractivity contribution in [3.05, 3.63) is 35.9 Å². The Hall–Kier alpha value is -1.35. The van der Waals surface area contributed by atoms with Gasteiger partial charge in [0.2, 0.25) is 0 Å². The highest BCUT2D eigenvalue weighted by molar-refractivity contribution is 5.79. The first-order chi connectivity index (χ1) is 8.63. The SMILES string of the molecule is O=C(O)[C@](O)(CC1CCCCC1)c1ccccc1. The van der Waals surface area contributed by atoms with Crippen LogP contribution in [0.4, 0.5) is 0 Å². The summed E-state index contributed by atoms with van der Waals surface area (Å²) in [4.78, 5) is 11.4. The molecular formula is C15H20O3. The van der Waals surface area contributed by atoms with Crippen LogP contribution >= 0.6 is 0 Å². The van der Waals surface area contributed by atoms with Crippen molar-refractivity contribution in [1.82, 2.24) is 0 Å². The van der Waals surface area contributed by atoms with Crippen LogP contribution < -0.4 is 0 Å². The summed E-state index contributed by atoms with van der Waals surface area (Å²) in [6, 6.07) is 8.74. The van der Waals surface area contributed by atoms with Gasteiger partial charge >= 0.3 is 5.97 Å². The van der Waals surface area contributed by atoms with Gasteiger partial charge in [0.05, 0.1) is 0 Å². The van der Waals surface area contributed by atoms with Crippen LogP contribution in [0.5, 0.6) is 0 Å². The molecule has 1 saturated carbocycles. The van der Waals surface area contributed by atoms with E-state index in [1.165, 1.54) is 6.42 Å². The molecule has 1 aliphatic carbocycles. The number of hydrogen-bond acceptors (Lipinski definition) is 2. The molecule has 3 nitrogen and oxygen atoms in total. The highest BCUT2D eigenvalue weighted by Gasteiger charge is 2.40. The van der Waals surface area contributed by atoms with Gasteiger partial charge in [-0.2, -0.15) is 0 Å². The maximum Gasteiger partial charge on any atom is 0.340 e. The Morgan fingerprint density at radius 3 is 2.33 bits per heavy atom. The van der Waals surface area contributed by atoms with Gasteiger partial charge in [-0.25, -0.2) is 4.79 Å². The Morgan fingerprint density at radius 1 is 1.17 bits per heavy atom. The van der Waals surface area contributed by atoms with E-state index in [0.717, 1.165) is 25.7 Å². The number of carbonyl (C=O) groups is 1. The maximum absolute atomic E-state index is 11.4. The topological polar surface area (TPSA) is 57.5 Å². The van der Waals surface area contributed by atoms with E-state index in [4.69, 9.17) is 0 Å². The summed E-state index contributed by atoms with van der Waals surface area (Å²) >= 11 is 0. The molecule has 0 aliphatic heterocycles. The average molecular weight is 248 g/mol. The molecule has 0 bridgehead atoms. The second kappa shape index (κ2) is 5.53. The van der Waals surface area contributed by atoms with E-state index >= 15 is 0 Å². The van der Waals surface area contributed by atoms with Crippen molar-refractivity contribution >= 4 is 5.97 Å². The Bertz CT molecular complexity index is 395. The number of benzene rings is 1. The van der Waals surface area contributed by atoms with Gasteiger partial charge in [0.1, 0.15) is 0 Å². The zero-order valence-electron chi connectivity index (χ0n) is 10.5. The molecule has 3 heteroatoms. The van der Waals surface area contributed by atoms with Crippen LogP contribution in [0.2, 0.25) is 0 Å². The predicted molar refractivity (Wildman–Crippen MR) is 69.2 cm³/mol. The summed E-state index contributed by atoms with van der Waals surface area (Å²) in [5.41, 5.74) is -1.24. The monoisotopic (exact) mass is 248 g/mol. The lowest BCUT2D eigenvalue weighted by Gasteiger charge is -2.30. The van der Waals surface area contributed by atoms with Crippen molar-refractivity contribution in [2.75, 3.05) is 0 Å². The number of hydrogen-bond donors (Lipinski definition) is 2. The van der Waals surface area contributed by atoms with Crippen molar-refractivity contribution in [2.24, 2.45) is 5.92 Å². The molecule has 1 aromatic rings. The molecule has 0 saturated heterocycles. The van der Waals surface area contributed by atoms with Crippen molar-refractivity contribution in [3.63, 3.8) is 0 Å². The normalized spacial score (nSPS) is 20.3. The Labute approximate surface area is 107 Å². The van der Waals surface area contributed by atoms with Gasteiger partial charge in [0.15, 0.2) is 5.60 Å². The number of aliphatic hydroxyl groups is 1. The van der Waals surface area contributed by atoms with Crippen molar-refractivity contribution in [3.8, 4) is 0 Å². The minimum Gasteiger partial charge on any atom is -0.479 e. The lowest BCUT2D eigenvalue weighted by Crippen LogP contribution is -2.38. The Morgan fingerprint density at radius 2 is 1.78 bits per heavy atom. The second-order valence-electron chi connectivity index (χ2n) is 5.24. The Balaban J connectivity index is 2.19. The first-order valence-electron chi connectivity index (χ1n) is 6.64. The standard InChI is InChI=1S/C15H20O3/c16-14(17)15(18,13-9-5-2-6-10-13)11-12-7-3-1-4-8-12/h2,5-6,9-10,12,18H,1,3-4,7-8,11H2,(H,16,17)/t15-/m0/s1. The quantitative estimate of drug-likeness (QED) is 0.861. The molecule has 0 aromatic heterocycles. The van der Waals surface area contributed by atoms with Gasteiger partial charge in [-0.15, -0.1) is 0 Å². The van der Waals surface area contributed by atoms with Crippen molar-refractivity contribution < 1.29 is 15.0 Å². The molecule has 2 rings (SSSR count). The largest absolute Gasteiger partial charge is 0.479 e. The van der Waals surface area contributed by atoms with Crippen LogP contribution in [0.3, 0.4) is 0 Å². The van der Waals surface area contributed by atoms with Crippen molar-refractivity contribution in [1.29, 1.82) is 0 Å². The van der Waals surface area contributed by atoms with Crippen LogP contribution in [0, 0.1) is 5.92 Å². The smallest absolute Gasteiger partial charge is 0.340 e. The minimum atomic E-state index is -1.73. The summed E-state index contributed by atoms with van der Waals surface area (Å²) in [7, 11) is 0. The van der Waals surface area contributed by atoms with E-state index in [1.807, 2.05) is 6.07 Å². The van der Waals surface area contributed by atoms with Crippen molar-refractivity contribution in [2.45, 2.75) is 44.1 Å². The average Bonchev–Trinajstić information content (AvgIpc) is 2.40. The number of carboxylic acid groups (broad SMARTS) is 1. The highest BCUT2D eigenvalue weighted by Crippen LogP contribution is 2.35. The van der Waals surface area contributed by atoms with Crippen LogP contribution in [-0.2, 0) is 10.4 Å². The number of carboxylic acids is 1. The molecule has 0 amide bonds. The van der Waals surface area contributed by atoms with Gasteiger partial charge in [-0.05, 0) is 17.9 Å². The lowest BCUT2D eigenvalue weighted by atomic mass is 9.78.